The number of nitrogens with two attached hydrogens (primary N) is 1. The van der Waals surface area contributed by atoms with E-state index in [9.17, 15) is 4.79 Å². The molecule has 0 amide bonds. The number of carbonyl (C=O) groups excluding carboxylic acids is 1. The van der Waals surface area contributed by atoms with Gasteiger partial charge in [-0.15, -0.1) is 0 Å². The first kappa shape index (κ1) is 14.4. The molecule has 2 N–H and O–H groups in total. The molecule has 0 bridgehead atoms. The first-order valence-corrected chi connectivity index (χ1v) is 6.60. The van der Waals surface area contributed by atoms with Gasteiger partial charge in [0.05, 0.1) is 20.3 Å². The zero-order valence-corrected chi connectivity index (χ0v) is 12.0. The van der Waals surface area contributed by atoms with Crippen LogP contribution in [-0.2, 0) is 14.3 Å². The van der Waals surface area contributed by atoms with E-state index in [0.29, 0.717) is 35.1 Å². The molecule has 17 heavy (non-hydrogen) atoms. The summed E-state index contributed by atoms with van der Waals surface area (Å²) < 4.78 is 10.6. The average Bonchev–Trinajstić information content (AvgIpc) is 2.35. The Hall–Kier alpha value is -0.660. The molecule has 1 aliphatic rings. The van der Waals surface area contributed by atoms with Crippen LogP contribution in [-0.4, -0.2) is 44.3 Å². The predicted molar refractivity (Wildman–Crippen MR) is 71.3 cm³/mol. The minimum atomic E-state index is -0.534. The monoisotopic (exact) mass is 322 g/mol. The highest BCUT2D eigenvalue weighted by Crippen LogP contribution is 2.32. The van der Waals surface area contributed by atoms with Crippen LogP contribution in [0.2, 0.25) is 0 Å². The normalized spacial score (nSPS) is 17.4. The van der Waals surface area contributed by atoms with Crippen LogP contribution in [0.4, 0.5) is 0 Å². The number of nitrogens with zero attached hydrogens (tertiary/aromatic N) is 1. The molecule has 0 radical (unpaired) electrons. The molecule has 1 aliphatic heterocycles. The van der Waals surface area contributed by atoms with E-state index in [1.807, 2.05) is 4.90 Å². The van der Waals surface area contributed by atoms with Crippen molar-refractivity contribution >= 4 is 33.7 Å². The van der Waals surface area contributed by atoms with Gasteiger partial charge in [-0.3, -0.25) is 0 Å². The van der Waals surface area contributed by atoms with Crippen molar-refractivity contribution in [3.63, 3.8) is 0 Å². The van der Waals surface area contributed by atoms with Gasteiger partial charge in [-0.05, 0) is 15.9 Å². The Morgan fingerprint density at radius 1 is 1.53 bits per heavy atom. The summed E-state index contributed by atoms with van der Waals surface area (Å²) in [6, 6.07) is 0. The van der Waals surface area contributed by atoms with Crippen LogP contribution in [0.1, 0.15) is 0 Å². The Bertz CT molecular complexity index is 340. The third-order valence-corrected chi connectivity index (χ3v) is 3.52. The van der Waals surface area contributed by atoms with Crippen molar-refractivity contribution in [3.05, 3.63) is 21.1 Å². The number of methoxy groups -OCH3 is 1. The van der Waals surface area contributed by atoms with Crippen molar-refractivity contribution in [2.24, 2.45) is 5.73 Å². The predicted octanol–water partition coefficient (Wildman–Crippen LogP) is 1.22. The highest BCUT2D eigenvalue weighted by molar-refractivity contribution is 9.14. The lowest BCUT2D eigenvalue weighted by Crippen LogP contribution is -2.37. The second-order valence-corrected chi connectivity index (χ2v) is 5.83. The number of carbonyl (C=O) groups is 1. The first-order chi connectivity index (χ1) is 8.06. The van der Waals surface area contributed by atoms with Gasteiger partial charge in [0.15, 0.2) is 0 Å². The molecular weight excluding hydrogens is 308 g/mol. The van der Waals surface area contributed by atoms with Crippen LogP contribution in [0.15, 0.2) is 21.1 Å². The van der Waals surface area contributed by atoms with E-state index >= 15 is 0 Å². The summed E-state index contributed by atoms with van der Waals surface area (Å²) in [5.74, 6) is -0.534. The zero-order valence-electron chi connectivity index (χ0n) is 9.57. The largest absolute Gasteiger partial charge is 0.464 e. The second kappa shape index (κ2) is 6.93. The Morgan fingerprint density at radius 3 is 2.59 bits per heavy atom. The summed E-state index contributed by atoms with van der Waals surface area (Å²) in [7, 11) is 1.31. The number of halogens is 1. The number of hydrogen-bond acceptors (Lipinski definition) is 6. The van der Waals surface area contributed by atoms with E-state index in [1.165, 1.54) is 18.9 Å². The Morgan fingerprint density at radius 2 is 2.12 bits per heavy atom. The number of thioether (sulfide) groups is 1. The fourth-order valence-electron chi connectivity index (χ4n) is 1.36. The van der Waals surface area contributed by atoms with Crippen LogP contribution >= 0.6 is 27.7 Å². The summed E-state index contributed by atoms with van der Waals surface area (Å²) in [6.45, 7) is 6.36. The van der Waals surface area contributed by atoms with E-state index in [-0.39, 0.29) is 5.70 Å². The van der Waals surface area contributed by atoms with E-state index in [4.69, 9.17) is 10.5 Å². The molecule has 7 heteroatoms. The average molecular weight is 323 g/mol. The highest BCUT2D eigenvalue weighted by Gasteiger charge is 2.21. The molecular formula is C10H15BrN2O3S. The Labute approximate surface area is 113 Å². The molecule has 1 fully saturated rings. The fourth-order valence-corrected chi connectivity index (χ4v) is 2.53. The molecule has 1 saturated heterocycles. The maximum absolute atomic E-state index is 11.5. The number of esters is 1. The number of morpholine rings is 1. The molecule has 0 unspecified atom stereocenters. The summed E-state index contributed by atoms with van der Waals surface area (Å²) in [6.07, 6.45) is 0. The van der Waals surface area contributed by atoms with E-state index in [2.05, 4.69) is 27.2 Å². The Kier molecular flexibility index (Phi) is 5.87. The van der Waals surface area contributed by atoms with Crippen molar-refractivity contribution in [2.45, 2.75) is 0 Å². The maximum atomic E-state index is 11.5. The van der Waals surface area contributed by atoms with Gasteiger partial charge in [-0.25, -0.2) is 4.79 Å². The van der Waals surface area contributed by atoms with Gasteiger partial charge in [0.1, 0.15) is 10.7 Å². The minimum Gasteiger partial charge on any atom is -0.464 e. The standard InChI is InChI=1S/C10H15BrN2O3S/c1-7(11)17-9(8(12)10(14)15-2)13-3-5-16-6-4-13/h1,3-6,12H2,2H3/b9-8-. The molecule has 0 spiro atoms. The van der Waals surface area contributed by atoms with Crippen molar-refractivity contribution in [1.29, 1.82) is 0 Å². The number of rotatable bonds is 4. The molecule has 0 aromatic rings. The van der Waals surface area contributed by atoms with E-state index in [0.717, 1.165) is 0 Å². The Balaban J connectivity index is 2.92. The molecule has 0 atom stereocenters. The van der Waals surface area contributed by atoms with Gasteiger partial charge in [-0.2, -0.15) is 0 Å². The van der Waals surface area contributed by atoms with Gasteiger partial charge in [0.25, 0.3) is 0 Å². The van der Waals surface area contributed by atoms with Gasteiger partial charge < -0.3 is 20.1 Å². The lowest BCUT2D eigenvalue weighted by molar-refractivity contribution is -0.136. The molecule has 0 aromatic carbocycles. The van der Waals surface area contributed by atoms with Gasteiger partial charge in [-0.1, -0.05) is 18.3 Å². The second-order valence-electron chi connectivity index (χ2n) is 3.27. The quantitative estimate of drug-likeness (QED) is 0.620. The molecule has 0 saturated carbocycles. The molecule has 1 rings (SSSR count). The summed E-state index contributed by atoms with van der Waals surface area (Å²) in [5.41, 5.74) is 5.89. The minimum absolute atomic E-state index is 0.0972. The molecule has 0 aromatic heterocycles. The van der Waals surface area contributed by atoms with Gasteiger partial charge >= 0.3 is 5.97 Å². The van der Waals surface area contributed by atoms with Crippen LogP contribution in [0, 0.1) is 0 Å². The molecule has 96 valence electrons. The topological polar surface area (TPSA) is 64.8 Å². The van der Waals surface area contributed by atoms with Crippen LogP contribution in [0.25, 0.3) is 0 Å². The summed E-state index contributed by atoms with van der Waals surface area (Å²) in [4.78, 5) is 13.4. The fraction of sp³-hybridized carbons (Fsp3) is 0.500. The highest BCUT2D eigenvalue weighted by atomic mass is 79.9. The molecule has 1 heterocycles. The van der Waals surface area contributed by atoms with Gasteiger partial charge in [0.2, 0.25) is 0 Å². The van der Waals surface area contributed by atoms with Crippen LogP contribution in [0.5, 0.6) is 0 Å². The van der Waals surface area contributed by atoms with Crippen molar-refractivity contribution < 1.29 is 14.3 Å². The lowest BCUT2D eigenvalue weighted by atomic mass is 10.4. The third kappa shape index (κ3) is 4.25. The SMILES string of the molecule is C=C(Br)S/C(=C(\N)C(=O)OC)N1CCOCC1. The van der Waals surface area contributed by atoms with E-state index in [1.54, 1.807) is 0 Å². The van der Waals surface area contributed by atoms with Crippen molar-refractivity contribution in [2.75, 3.05) is 33.4 Å². The van der Waals surface area contributed by atoms with Crippen LogP contribution in [0.3, 0.4) is 0 Å². The first-order valence-electron chi connectivity index (χ1n) is 4.99. The maximum Gasteiger partial charge on any atom is 0.356 e. The zero-order chi connectivity index (χ0) is 12.8. The molecule has 0 aliphatic carbocycles. The lowest BCUT2D eigenvalue weighted by Gasteiger charge is -2.31. The summed E-state index contributed by atoms with van der Waals surface area (Å²) >= 11 is 4.55. The van der Waals surface area contributed by atoms with Crippen LogP contribution < -0.4 is 5.73 Å². The van der Waals surface area contributed by atoms with E-state index < -0.39 is 5.97 Å². The van der Waals surface area contributed by atoms with Crippen molar-refractivity contribution in [3.8, 4) is 0 Å². The van der Waals surface area contributed by atoms with Gasteiger partial charge in [0, 0.05) is 16.9 Å². The number of hydrogen-bond donors (Lipinski definition) is 1. The summed E-state index contributed by atoms with van der Waals surface area (Å²) in [5, 5.41) is 0.655. The smallest absolute Gasteiger partial charge is 0.356 e. The third-order valence-electron chi connectivity index (χ3n) is 2.14. The number of ether oxygens (including phenoxy) is 2. The molecule has 5 nitrogen and oxygen atoms in total. The van der Waals surface area contributed by atoms with Crippen molar-refractivity contribution in [1.82, 2.24) is 4.90 Å².